The largest absolute Gasteiger partial charge is 0.351 e. The maximum atomic E-state index is 13.6. The highest BCUT2D eigenvalue weighted by atomic mass is 19.1. The van der Waals surface area contributed by atoms with Crippen LogP contribution in [0, 0.1) is 5.82 Å². The summed E-state index contributed by atoms with van der Waals surface area (Å²) in [7, 11) is 0. The zero-order valence-corrected chi connectivity index (χ0v) is 15.8. The number of anilines is 1. The second-order valence-corrected chi connectivity index (χ2v) is 7.10. The van der Waals surface area contributed by atoms with Crippen LogP contribution < -0.4 is 4.90 Å². The molecule has 1 aliphatic rings. The van der Waals surface area contributed by atoms with Gasteiger partial charge in [0.05, 0.1) is 0 Å². The van der Waals surface area contributed by atoms with Crippen molar-refractivity contribution in [1.29, 1.82) is 0 Å². The van der Waals surface area contributed by atoms with E-state index in [0.29, 0.717) is 17.0 Å². The van der Waals surface area contributed by atoms with Gasteiger partial charge in [0.25, 0.3) is 0 Å². The Hall–Kier alpha value is -3.39. The number of rotatable bonds is 4. The second-order valence-electron chi connectivity index (χ2n) is 7.10. The first-order valence-electron chi connectivity index (χ1n) is 9.60. The molecule has 146 valence electrons. The maximum Gasteiger partial charge on any atom is 0.204 e. The van der Waals surface area contributed by atoms with Crippen LogP contribution in [0.5, 0.6) is 0 Å². The summed E-state index contributed by atoms with van der Waals surface area (Å²) in [5.41, 5.74) is 2.65. The van der Waals surface area contributed by atoms with Crippen LogP contribution in [0.2, 0.25) is 0 Å². The van der Waals surface area contributed by atoms with E-state index in [1.54, 1.807) is 12.3 Å². The second kappa shape index (κ2) is 7.56. The number of benzene rings is 1. The van der Waals surface area contributed by atoms with E-state index in [9.17, 15) is 4.39 Å². The summed E-state index contributed by atoms with van der Waals surface area (Å²) in [4.78, 5) is 13.3. The van der Waals surface area contributed by atoms with E-state index in [1.165, 1.54) is 17.7 Å². The Bertz CT molecular complexity index is 1120. The van der Waals surface area contributed by atoms with Crippen molar-refractivity contribution < 1.29 is 4.39 Å². The topological polar surface area (TPSA) is 62.5 Å². The summed E-state index contributed by atoms with van der Waals surface area (Å²) in [5.74, 6) is 1.13. The van der Waals surface area contributed by atoms with Gasteiger partial charge in [-0.15, -0.1) is 10.2 Å². The van der Waals surface area contributed by atoms with Crippen molar-refractivity contribution in [3.05, 3.63) is 72.6 Å². The van der Waals surface area contributed by atoms with Gasteiger partial charge in [-0.2, -0.15) is 0 Å². The molecule has 1 fully saturated rings. The first kappa shape index (κ1) is 17.7. The Morgan fingerprint density at radius 2 is 1.76 bits per heavy atom. The standard InChI is InChI=1S/C21H20FN7/c22-18-3-1-2-17(14-18)19-25-26-21-20(24-8-9-29(19)21)28-12-10-27(11-13-28)15-16-4-6-23-7-5-16/h1-9,14H,10-13,15H2. The van der Waals surface area contributed by atoms with Crippen molar-refractivity contribution in [2.24, 2.45) is 0 Å². The first-order valence-corrected chi connectivity index (χ1v) is 9.60. The molecule has 7 nitrogen and oxygen atoms in total. The molecule has 5 rings (SSSR count). The lowest BCUT2D eigenvalue weighted by atomic mass is 10.2. The first-order chi connectivity index (χ1) is 14.3. The number of aromatic nitrogens is 5. The fourth-order valence-electron chi connectivity index (χ4n) is 3.73. The Balaban J connectivity index is 1.36. The number of nitrogens with zero attached hydrogens (tertiary/aromatic N) is 7. The van der Waals surface area contributed by atoms with Crippen LogP contribution in [0.4, 0.5) is 10.2 Å². The molecular formula is C21H20FN7. The number of pyridine rings is 1. The van der Waals surface area contributed by atoms with Crippen LogP contribution in [0.15, 0.2) is 61.2 Å². The minimum Gasteiger partial charge on any atom is -0.351 e. The van der Waals surface area contributed by atoms with Gasteiger partial charge in [-0.1, -0.05) is 12.1 Å². The number of halogens is 1. The molecule has 0 spiro atoms. The van der Waals surface area contributed by atoms with E-state index in [-0.39, 0.29) is 5.82 Å². The highest BCUT2D eigenvalue weighted by Crippen LogP contribution is 2.24. The molecule has 4 aromatic rings. The van der Waals surface area contributed by atoms with Gasteiger partial charge in [-0.3, -0.25) is 14.3 Å². The summed E-state index contributed by atoms with van der Waals surface area (Å²) in [6, 6.07) is 10.5. The summed E-state index contributed by atoms with van der Waals surface area (Å²) in [6.45, 7) is 4.52. The highest BCUT2D eigenvalue weighted by molar-refractivity contribution is 5.68. The molecule has 1 aromatic carbocycles. The van der Waals surface area contributed by atoms with E-state index >= 15 is 0 Å². The lowest BCUT2D eigenvalue weighted by Crippen LogP contribution is -2.46. The molecule has 1 aliphatic heterocycles. The Kier molecular flexibility index (Phi) is 4.61. The predicted molar refractivity (Wildman–Crippen MR) is 108 cm³/mol. The third-order valence-electron chi connectivity index (χ3n) is 5.22. The average molecular weight is 389 g/mol. The molecule has 0 atom stereocenters. The van der Waals surface area contributed by atoms with Crippen molar-refractivity contribution >= 4 is 11.5 Å². The molecule has 0 bridgehead atoms. The van der Waals surface area contributed by atoms with Crippen LogP contribution >= 0.6 is 0 Å². The molecule has 3 aromatic heterocycles. The Morgan fingerprint density at radius 1 is 0.931 bits per heavy atom. The van der Waals surface area contributed by atoms with Crippen molar-refractivity contribution in [2.75, 3.05) is 31.1 Å². The molecule has 0 amide bonds. The van der Waals surface area contributed by atoms with Gasteiger partial charge < -0.3 is 4.90 Å². The van der Waals surface area contributed by atoms with E-state index in [1.807, 2.05) is 29.1 Å². The molecule has 1 saturated heterocycles. The molecule has 8 heteroatoms. The molecular weight excluding hydrogens is 369 g/mol. The molecule has 0 N–H and O–H groups in total. The van der Waals surface area contributed by atoms with Gasteiger partial charge in [0.15, 0.2) is 11.6 Å². The minimum absolute atomic E-state index is 0.293. The van der Waals surface area contributed by atoms with Crippen LogP contribution in [0.25, 0.3) is 17.0 Å². The number of hydrogen-bond donors (Lipinski definition) is 0. The van der Waals surface area contributed by atoms with Crippen LogP contribution in [-0.4, -0.2) is 55.6 Å². The Labute approximate surface area is 167 Å². The maximum absolute atomic E-state index is 13.6. The van der Waals surface area contributed by atoms with Crippen LogP contribution in [0.3, 0.4) is 0 Å². The van der Waals surface area contributed by atoms with Crippen molar-refractivity contribution in [1.82, 2.24) is 29.5 Å². The SMILES string of the molecule is Fc1cccc(-c2nnc3c(N4CCN(Cc5ccncc5)CC4)nccn23)c1. The minimum atomic E-state index is -0.293. The molecule has 4 heterocycles. The molecule has 0 saturated carbocycles. The third-order valence-corrected chi connectivity index (χ3v) is 5.22. The van der Waals surface area contributed by atoms with Crippen LogP contribution in [0.1, 0.15) is 5.56 Å². The zero-order valence-electron chi connectivity index (χ0n) is 15.8. The summed E-state index contributed by atoms with van der Waals surface area (Å²) >= 11 is 0. The van der Waals surface area contributed by atoms with Gasteiger partial charge in [-0.05, 0) is 29.8 Å². The number of piperazine rings is 1. The van der Waals surface area contributed by atoms with Crippen LogP contribution in [-0.2, 0) is 6.54 Å². The summed E-state index contributed by atoms with van der Waals surface area (Å²) < 4.78 is 15.5. The monoisotopic (exact) mass is 389 g/mol. The van der Waals surface area contributed by atoms with Crippen molar-refractivity contribution in [2.45, 2.75) is 6.54 Å². The van der Waals surface area contributed by atoms with E-state index in [0.717, 1.165) is 38.5 Å². The normalized spacial score (nSPS) is 15.1. The summed E-state index contributed by atoms with van der Waals surface area (Å²) in [6.07, 6.45) is 7.23. The predicted octanol–water partition coefficient (Wildman–Crippen LogP) is 2.65. The highest BCUT2D eigenvalue weighted by Gasteiger charge is 2.22. The van der Waals surface area contributed by atoms with Crippen molar-refractivity contribution in [3.63, 3.8) is 0 Å². The van der Waals surface area contributed by atoms with Gasteiger partial charge in [0, 0.05) is 63.1 Å². The van der Waals surface area contributed by atoms with Gasteiger partial charge in [-0.25, -0.2) is 9.37 Å². The smallest absolute Gasteiger partial charge is 0.204 e. The summed E-state index contributed by atoms with van der Waals surface area (Å²) in [5, 5.41) is 8.65. The fraction of sp³-hybridized carbons (Fsp3) is 0.238. The molecule has 0 unspecified atom stereocenters. The third kappa shape index (κ3) is 3.54. The molecule has 0 radical (unpaired) electrons. The van der Waals surface area contributed by atoms with Gasteiger partial charge in [0.1, 0.15) is 5.82 Å². The number of fused-ring (bicyclic) bond motifs is 1. The fourth-order valence-corrected chi connectivity index (χ4v) is 3.73. The van der Waals surface area contributed by atoms with Gasteiger partial charge in [0.2, 0.25) is 5.65 Å². The van der Waals surface area contributed by atoms with Crippen molar-refractivity contribution in [3.8, 4) is 11.4 Å². The number of hydrogen-bond acceptors (Lipinski definition) is 6. The lowest BCUT2D eigenvalue weighted by molar-refractivity contribution is 0.249. The molecule has 0 aliphatic carbocycles. The molecule has 29 heavy (non-hydrogen) atoms. The van der Waals surface area contributed by atoms with Gasteiger partial charge >= 0.3 is 0 Å². The van der Waals surface area contributed by atoms with E-state index in [2.05, 4.69) is 42.1 Å². The lowest BCUT2D eigenvalue weighted by Gasteiger charge is -2.35. The average Bonchev–Trinajstić information content (AvgIpc) is 3.19. The van der Waals surface area contributed by atoms with E-state index < -0.39 is 0 Å². The van der Waals surface area contributed by atoms with E-state index in [4.69, 9.17) is 0 Å². The Morgan fingerprint density at radius 3 is 2.55 bits per heavy atom. The quantitative estimate of drug-likeness (QED) is 0.535. The zero-order chi connectivity index (χ0) is 19.6.